The van der Waals surface area contributed by atoms with Crippen LogP contribution in [0.2, 0.25) is 0 Å². The van der Waals surface area contributed by atoms with Crippen LogP contribution in [0.4, 0.5) is 0 Å². The first-order chi connectivity index (χ1) is 7.69. The maximum absolute atomic E-state index is 12.0. The highest BCUT2D eigenvalue weighted by molar-refractivity contribution is 7.13. The number of aliphatic hydroxyl groups excluding tert-OH is 1. The summed E-state index contributed by atoms with van der Waals surface area (Å²) in [5, 5.41) is 8.91. The van der Waals surface area contributed by atoms with Crippen LogP contribution in [0.5, 0.6) is 0 Å². The molecule has 0 saturated heterocycles. The lowest BCUT2D eigenvalue weighted by atomic mass is 10.3. The molecule has 0 aliphatic rings. The highest BCUT2D eigenvalue weighted by Crippen LogP contribution is 2.17. The van der Waals surface area contributed by atoms with Gasteiger partial charge in [-0.3, -0.25) is 4.79 Å². The van der Waals surface area contributed by atoms with Crippen molar-refractivity contribution < 1.29 is 14.6 Å². The van der Waals surface area contributed by atoms with E-state index in [9.17, 15) is 4.79 Å². The fraction of sp³-hybridized carbons (Fsp3) is 0.545. The number of hydrogen-bond donors (Lipinski definition) is 1. The van der Waals surface area contributed by atoms with E-state index in [-0.39, 0.29) is 12.5 Å². The Balaban J connectivity index is 2.66. The Bertz CT molecular complexity index is 338. The zero-order chi connectivity index (χ0) is 12.0. The van der Waals surface area contributed by atoms with Crippen molar-refractivity contribution in [2.24, 2.45) is 0 Å². The van der Waals surface area contributed by atoms with Gasteiger partial charge in [0.15, 0.2) is 0 Å². The van der Waals surface area contributed by atoms with E-state index in [4.69, 9.17) is 9.84 Å². The molecule has 1 N–H and O–H groups in total. The molecule has 90 valence electrons. The van der Waals surface area contributed by atoms with Gasteiger partial charge in [-0.25, -0.2) is 0 Å². The van der Waals surface area contributed by atoms with Crippen LogP contribution in [0.3, 0.4) is 0 Å². The van der Waals surface area contributed by atoms with Crippen molar-refractivity contribution in [1.29, 1.82) is 0 Å². The minimum Gasteiger partial charge on any atom is -0.395 e. The number of nitrogens with zero attached hydrogens (tertiary/aromatic N) is 1. The normalized spacial score (nSPS) is 10.4. The molecule has 1 aromatic heterocycles. The van der Waals surface area contributed by atoms with Crippen LogP contribution in [0.1, 0.15) is 14.5 Å². The zero-order valence-electron chi connectivity index (χ0n) is 9.60. The lowest BCUT2D eigenvalue weighted by Crippen LogP contribution is -2.35. The van der Waals surface area contributed by atoms with E-state index in [1.807, 2.05) is 19.1 Å². The number of carbonyl (C=O) groups is 1. The Morgan fingerprint density at radius 2 is 2.25 bits per heavy atom. The van der Waals surface area contributed by atoms with Crippen LogP contribution in [-0.2, 0) is 4.74 Å². The van der Waals surface area contributed by atoms with Gasteiger partial charge in [0.1, 0.15) is 0 Å². The Morgan fingerprint density at radius 1 is 1.50 bits per heavy atom. The molecule has 0 unspecified atom stereocenters. The molecule has 0 spiro atoms. The van der Waals surface area contributed by atoms with Crippen LogP contribution in [-0.4, -0.2) is 49.3 Å². The Kier molecular flexibility index (Phi) is 5.45. The van der Waals surface area contributed by atoms with Gasteiger partial charge in [-0.05, 0) is 19.1 Å². The van der Waals surface area contributed by atoms with E-state index in [0.29, 0.717) is 24.6 Å². The van der Waals surface area contributed by atoms with Gasteiger partial charge in [0, 0.05) is 25.1 Å². The molecule has 0 radical (unpaired) electrons. The molecule has 1 amide bonds. The second kappa shape index (κ2) is 6.62. The standard InChI is InChI=1S/C11H17NO3S/c1-9-3-4-10(16-9)11(14)12(5-7-13)6-8-15-2/h3-4,13H,5-8H2,1-2H3. The molecular weight excluding hydrogens is 226 g/mol. The van der Waals surface area contributed by atoms with E-state index in [2.05, 4.69) is 0 Å². The smallest absolute Gasteiger partial charge is 0.264 e. The van der Waals surface area contributed by atoms with Gasteiger partial charge in [-0.1, -0.05) is 0 Å². The van der Waals surface area contributed by atoms with E-state index in [1.165, 1.54) is 11.3 Å². The fourth-order valence-corrected chi connectivity index (χ4v) is 2.18. The number of thiophene rings is 1. The first kappa shape index (κ1) is 13.2. The van der Waals surface area contributed by atoms with Crippen LogP contribution in [0, 0.1) is 6.92 Å². The van der Waals surface area contributed by atoms with Gasteiger partial charge < -0.3 is 14.7 Å². The maximum Gasteiger partial charge on any atom is 0.264 e. The van der Waals surface area contributed by atoms with Gasteiger partial charge >= 0.3 is 0 Å². The molecule has 1 heterocycles. The average Bonchev–Trinajstić information content (AvgIpc) is 2.70. The van der Waals surface area contributed by atoms with E-state index in [1.54, 1.807) is 12.0 Å². The Labute approximate surface area is 99.5 Å². The zero-order valence-corrected chi connectivity index (χ0v) is 10.4. The predicted molar refractivity (Wildman–Crippen MR) is 63.9 cm³/mol. The van der Waals surface area contributed by atoms with Gasteiger partial charge in [0.25, 0.3) is 5.91 Å². The summed E-state index contributed by atoms with van der Waals surface area (Å²) in [5.41, 5.74) is 0. The summed E-state index contributed by atoms with van der Waals surface area (Å²) in [6.45, 7) is 3.27. The summed E-state index contributed by atoms with van der Waals surface area (Å²) in [6.07, 6.45) is 0. The lowest BCUT2D eigenvalue weighted by Gasteiger charge is -2.20. The molecule has 0 bridgehead atoms. The molecule has 0 atom stereocenters. The molecule has 0 aliphatic carbocycles. The monoisotopic (exact) mass is 243 g/mol. The molecule has 0 aromatic carbocycles. The number of aliphatic hydroxyl groups is 1. The fourth-order valence-electron chi connectivity index (χ4n) is 1.34. The average molecular weight is 243 g/mol. The Morgan fingerprint density at radius 3 is 2.75 bits per heavy atom. The van der Waals surface area contributed by atoms with E-state index < -0.39 is 0 Å². The van der Waals surface area contributed by atoms with Crippen molar-refractivity contribution in [1.82, 2.24) is 4.90 Å². The van der Waals surface area contributed by atoms with Gasteiger partial charge in [-0.15, -0.1) is 11.3 Å². The number of ether oxygens (including phenoxy) is 1. The van der Waals surface area contributed by atoms with Crippen molar-refractivity contribution >= 4 is 17.2 Å². The van der Waals surface area contributed by atoms with Crippen molar-refractivity contribution in [2.45, 2.75) is 6.92 Å². The Hall–Kier alpha value is -0.910. The third kappa shape index (κ3) is 3.59. The molecule has 5 heteroatoms. The minimum atomic E-state index is -0.0378. The number of rotatable bonds is 6. The summed E-state index contributed by atoms with van der Waals surface area (Å²) >= 11 is 1.47. The molecule has 4 nitrogen and oxygen atoms in total. The van der Waals surface area contributed by atoms with Crippen molar-refractivity contribution in [3.05, 3.63) is 21.9 Å². The predicted octanol–water partition coefficient (Wildman–Crippen LogP) is 1.14. The highest BCUT2D eigenvalue weighted by atomic mass is 32.1. The molecule has 16 heavy (non-hydrogen) atoms. The second-order valence-electron chi connectivity index (χ2n) is 3.42. The van der Waals surface area contributed by atoms with Gasteiger partial charge in [-0.2, -0.15) is 0 Å². The molecule has 0 aliphatic heterocycles. The number of methoxy groups -OCH3 is 1. The summed E-state index contributed by atoms with van der Waals surface area (Å²) in [5.74, 6) is -0.0378. The van der Waals surface area contributed by atoms with Crippen LogP contribution >= 0.6 is 11.3 Å². The first-order valence-corrected chi connectivity index (χ1v) is 5.96. The van der Waals surface area contributed by atoms with Gasteiger partial charge in [0.05, 0.1) is 18.1 Å². The summed E-state index contributed by atoms with van der Waals surface area (Å²) in [4.78, 5) is 15.5. The van der Waals surface area contributed by atoms with Crippen LogP contribution in [0.15, 0.2) is 12.1 Å². The van der Waals surface area contributed by atoms with E-state index >= 15 is 0 Å². The summed E-state index contributed by atoms with van der Waals surface area (Å²) < 4.78 is 4.94. The minimum absolute atomic E-state index is 0.0280. The second-order valence-corrected chi connectivity index (χ2v) is 4.71. The largest absolute Gasteiger partial charge is 0.395 e. The quantitative estimate of drug-likeness (QED) is 0.815. The van der Waals surface area contributed by atoms with Crippen LogP contribution in [0.25, 0.3) is 0 Å². The number of amides is 1. The van der Waals surface area contributed by atoms with Gasteiger partial charge in [0.2, 0.25) is 0 Å². The van der Waals surface area contributed by atoms with Crippen molar-refractivity contribution in [3.8, 4) is 0 Å². The maximum atomic E-state index is 12.0. The highest BCUT2D eigenvalue weighted by Gasteiger charge is 2.16. The van der Waals surface area contributed by atoms with Crippen molar-refractivity contribution in [2.75, 3.05) is 33.4 Å². The van der Waals surface area contributed by atoms with Crippen molar-refractivity contribution in [3.63, 3.8) is 0 Å². The molecule has 0 saturated carbocycles. The first-order valence-electron chi connectivity index (χ1n) is 5.14. The number of hydrogen-bond acceptors (Lipinski definition) is 4. The lowest BCUT2D eigenvalue weighted by molar-refractivity contribution is 0.0661. The summed E-state index contributed by atoms with van der Waals surface area (Å²) in [6, 6.07) is 3.74. The molecule has 1 aromatic rings. The SMILES string of the molecule is COCCN(CCO)C(=O)c1ccc(C)s1. The van der Waals surface area contributed by atoms with E-state index in [0.717, 1.165) is 4.88 Å². The molecule has 1 rings (SSSR count). The molecular formula is C11H17NO3S. The van der Waals surface area contributed by atoms with Crippen LogP contribution < -0.4 is 0 Å². The third-order valence-corrected chi connectivity index (χ3v) is 3.16. The summed E-state index contributed by atoms with van der Waals surface area (Å²) in [7, 11) is 1.59. The number of aryl methyl sites for hydroxylation is 1. The molecule has 0 fully saturated rings. The topological polar surface area (TPSA) is 49.8 Å². The third-order valence-electron chi connectivity index (χ3n) is 2.17. The number of carbonyl (C=O) groups excluding carboxylic acids is 1.